The van der Waals surface area contributed by atoms with Crippen LogP contribution >= 0.6 is 11.8 Å². The summed E-state index contributed by atoms with van der Waals surface area (Å²) in [7, 11) is 0. The molecule has 0 radical (unpaired) electrons. The maximum Gasteiger partial charge on any atom is 0.233 e. The van der Waals surface area contributed by atoms with E-state index >= 15 is 0 Å². The van der Waals surface area contributed by atoms with Crippen LogP contribution in [0.5, 0.6) is 0 Å². The van der Waals surface area contributed by atoms with E-state index in [2.05, 4.69) is 19.2 Å². The molecule has 0 aromatic rings. The van der Waals surface area contributed by atoms with Crippen molar-refractivity contribution in [3.05, 3.63) is 0 Å². The normalized spacial score (nSPS) is 28.2. The predicted molar refractivity (Wildman–Crippen MR) is 78.2 cm³/mol. The minimum atomic E-state index is -0.862. The minimum absolute atomic E-state index is 0.250. The lowest BCUT2D eigenvalue weighted by molar-refractivity contribution is -0.132. The van der Waals surface area contributed by atoms with Crippen LogP contribution in [-0.2, 0) is 9.59 Å². The lowest BCUT2D eigenvalue weighted by Crippen LogP contribution is -2.32. The molecule has 0 saturated carbocycles. The Balaban J connectivity index is 2.24. The van der Waals surface area contributed by atoms with Gasteiger partial charge in [0, 0.05) is 5.25 Å². The Labute approximate surface area is 119 Å². The van der Waals surface area contributed by atoms with Crippen molar-refractivity contribution in [2.24, 2.45) is 5.92 Å². The molecule has 1 fully saturated rings. The summed E-state index contributed by atoms with van der Waals surface area (Å²) in [6.45, 7) is 5.77. The van der Waals surface area contributed by atoms with Crippen LogP contribution in [0, 0.1) is 5.92 Å². The highest BCUT2D eigenvalue weighted by Crippen LogP contribution is 2.22. The van der Waals surface area contributed by atoms with Gasteiger partial charge < -0.3 is 10.4 Å². The predicted octanol–water partition coefficient (Wildman–Crippen LogP) is 1.75. The molecule has 1 saturated heterocycles. The number of Topliss-reactive ketones (excluding diaryl/α,β-unsaturated/α-hetero) is 1. The van der Waals surface area contributed by atoms with Gasteiger partial charge in [-0.1, -0.05) is 20.3 Å². The van der Waals surface area contributed by atoms with Crippen LogP contribution in [0.3, 0.4) is 0 Å². The number of unbranched alkanes of at least 4 members (excludes halogenated alkanes) is 1. The number of nitrogens with one attached hydrogen (secondary N) is 1. The summed E-state index contributed by atoms with van der Waals surface area (Å²) in [6, 6.07) is -0.255. The molecule has 1 heterocycles. The number of thioether (sulfide) groups is 1. The number of carbonyl (C=O) groups excluding carboxylic acids is 2. The summed E-state index contributed by atoms with van der Waals surface area (Å²) >= 11 is 1.96. The standard InChI is InChI=1S/C14H25NO3S/c1-4-9(2)19-8-6-5-7-11-13(17)12(10(3)16)14(18)15-11/h9,11-13,17H,4-8H2,1-3H3,(H,15,18). The van der Waals surface area contributed by atoms with Gasteiger partial charge >= 0.3 is 0 Å². The van der Waals surface area contributed by atoms with E-state index in [1.807, 2.05) is 11.8 Å². The molecule has 0 aromatic heterocycles. The first-order valence-corrected chi connectivity index (χ1v) is 8.12. The zero-order chi connectivity index (χ0) is 14.4. The van der Waals surface area contributed by atoms with Crippen LogP contribution in [0.25, 0.3) is 0 Å². The topological polar surface area (TPSA) is 66.4 Å². The van der Waals surface area contributed by atoms with Crippen molar-refractivity contribution >= 4 is 23.5 Å². The largest absolute Gasteiger partial charge is 0.390 e. The van der Waals surface area contributed by atoms with Gasteiger partial charge in [0.1, 0.15) is 11.7 Å². The summed E-state index contributed by atoms with van der Waals surface area (Å²) in [5, 5.41) is 13.4. The van der Waals surface area contributed by atoms with Gasteiger partial charge in [-0.15, -0.1) is 0 Å². The van der Waals surface area contributed by atoms with Crippen LogP contribution in [0.2, 0.25) is 0 Å². The number of rotatable bonds is 8. The molecule has 19 heavy (non-hydrogen) atoms. The van der Waals surface area contributed by atoms with E-state index in [-0.39, 0.29) is 17.7 Å². The third-order valence-electron chi connectivity index (χ3n) is 3.69. The van der Waals surface area contributed by atoms with Gasteiger partial charge in [0.2, 0.25) is 5.91 Å². The summed E-state index contributed by atoms with van der Waals surface area (Å²) in [4.78, 5) is 22.8. The van der Waals surface area contributed by atoms with Crippen molar-refractivity contribution < 1.29 is 14.7 Å². The van der Waals surface area contributed by atoms with Crippen LogP contribution in [0.15, 0.2) is 0 Å². The van der Waals surface area contributed by atoms with E-state index in [4.69, 9.17) is 0 Å². The van der Waals surface area contributed by atoms with Crippen molar-refractivity contribution in [1.29, 1.82) is 0 Å². The third kappa shape index (κ3) is 4.80. The number of hydrogen-bond acceptors (Lipinski definition) is 4. The maximum absolute atomic E-state index is 11.6. The SMILES string of the molecule is CCC(C)SCCCCC1NC(=O)C(C(C)=O)C1O. The van der Waals surface area contributed by atoms with E-state index < -0.39 is 12.0 Å². The highest BCUT2D eigenvalue weighted by Gasteiger charge is 2.43. The Morgan fingerprint density at radius 2 is 2.16 bits per heavy atom. The Hall–Kier alpha value is -0.550. The Morgan fingerprint density at radius 3 is 2.68 bits per heavy atom. The monoisotopic (exact) mass is 287 g/mol. The maximum atomic E-state index is 11.6. The minimum Gasteiger partial charge on any atom is -0.390 e. The molecule has 0 spiro atoms. The molecular formula is C14H25NO3S. The molecule has 0 bridgehead atoms. The quantitative estimate of drug-likeness (QED) is 0.527. The van der Waals surface area contributed by atoms with Crippen molar-refractivity contribution in [3.63, 3.8) is 0 Å². The fourth-order valence-electron chi connectivity index (χ4n) is 2.28. The summed E-state index contributed by atoms with van der Waals surface area (Å²) < 4.78 is 0. The fraction of sp³-hybridized carbons (Fsp3) is 0.857. The molecule has 110 valence electrons. The number of carbonyl (C=O) groups is 2. The van der Waals surface area contributed by atoms with E-state index in [0.717, 1.165) is 25.0 Å². The lowest BCUT2D eigenvalue weighted by atomic mass is 9.95. The van der Waals surface area contributed by atoms with Gasteiger partial charge in [0.15, 0.2) is 0 Å². The zero-order valence-corrected chi connectivity index (χ0v) is 12.8. The highest BCUT2D eigenvalue weighted by atomic mass is 32.2. The van der Waals surface area contributed by atoms with Gasteiger partial charge in [-0.25, -0.2) is 0 Å². The second-order valence-corrected chi connectivity index (χ2v) is 6.83. The molecule has 0 aromatic carbocycles. The smallest absolute Gasteiger partial charge is 0.233 e. The van der Waals surface area contributed by atoms with E-state index in [9.17, 15) is 14.7 Å². The molecule has 2 N–H and O–H groups in total. The zero-order valence-electron chi connectivity index (χ0n) is 12.0. The molecule has 4 nitrogen and oxygen atoms in total. The molecule has 1 aliphatic heterocycles. The van der Waals surface area contributed by atoms with E-state index in [1.54, 1.807) is 0 Å². The number of amides is 1. The van der Waals surface area contributed by atoms with Crippen molar-refractivity contribution in [3.8, 4) is 0 Å². The van der Waals surface area contributed by atoms with Gasteiger partial charge in [-0.2, -0.15) is 11.8 Å². The number of aliphatic hydroxyl groups excluding tert-OH is 1. The molecule has 1 rings (SSSR count). The van der Waals surface area contributed by atoms with Gasteiger partial charge in [0.25, 0.3) is 0 Å². The summed E-state index contributed by atoms with van der Waals surface area (Å²) in [6.07, 6.45) is 3.13. The van der Waals surface area contributed by atoms with Crippen molar-refractivity contribution in [2.45, 2.75) is 63.9 Å². The molecule has 0 aliphatic carbocycles. The molecular weight excluding hydrogens is 262 g/mol. The van der Waals surface area contributed by atoms with Gasteiger partial charge in [-0.05, 0) is 31.9 Å². The fourth-order valence-corrected chi connectivity index (χ4v) is 3.29. The first-order chi connectivity index (χ1) is 8.97. The first kappa shape index (κ1) is 16.5. The molecule has 1 amide bonds. The van der Waals surface area contributed by atoms with Crippen molar-refractivity contribution in [1.82, 2.24) is 5.32 Å². The number of ketones is 1. The van der Waals surface area contributed by atoms with Crippen LogP contribution in [0.4, 0.5) is 0 Å². The summed E-state index contributed by atoms with van der Waals surface area (Å²) in [5.41, 5.74) is 0. The average molecular weight is 287 g/mol. The Morgan fingerprint density at radius 1 is 1.47 bits per heavy atom. The van der Waals surface area contributed by atoms with Gasteiger partial charge in [-0.3, -0.25) is 9.59 Å². The second kappa shape index (κ2) is 7.90. The van der Waals surface area contributed by atoms with Crippen LogP contribution in [-0.4, -0.2) is 39.9 Å². The van der Waals surface area contributed by atoms with E-state index in [1.165, 1.54) is 13.3 Å². The average Bonchev–Trinajstić information content (AvgIpc) is 2.63. The molecule has 5 heteroatoms. The van der Waals surface area contributed by atoms with E-state index in [0.29, 0.717) is 5.25 Å². The highest BCUT2D eigenvalue weighted by molar-refractivity contribution is 7.99. The van der Waals surface area contributed by atoms with Crippen LogP contribution < -0.4 is 5.32 Å². The molecule has 4 atom stereocenters. The lowest BCUT2D eigenvalue weighted by Gasteiger charge is -2.16. The van der Waals surface area contributed by atoms with Crippen molar-refractivity contribution in [2.75, 3.05) is 5.75 Å². The molecule has 1 aliphatic rings. The van der Waals surface area contributed by atoms with Crippen LogP contribution in [0.1, 0.15) is 46.5 Å². The molecule has 4 unspecified atom stereocenters. The Kier molecular flexibility index (Phi) is 6.86. The second-order valence-electron chi connectivity index (χ2n) is 5.28. The number of hydrogen-bond donors (Lipinski definition) is 2. The third-order valence-corrected chi connectivity index (χ3v) is 5.12. The number of aliphatic hydroxyl groups is 1. The van der Waals surface area contributed by atoms with Gasteiger partial charge in [0.05, 0.1) is 12.1 Å². The summed E-state index contributed by atoms with van der Waals surface area (Å²) in [5.74, 6) is -0.319. The first-order valence-electron chi connectivity index (χ1n) is 7.07. The Bertz CT molecular complexity index is 322.